The quantitative estimate of drug-likeness (QED) is 0.383. The van der Waals surface area contributed by atoms with Gasteiger partial charge in [0, 0.05) is 12.0 Å². The lowest BCUT2D eigenvalue weighted by molar-refractivity contribution is -0.0204. The first-order valence-corrected chi connectivity index (χ1v) is 10.1. The van der Waals surface area contributed by atoms with Crippen LogP contribution in [0.4, 0.5) is 0 Å². The van der Waals surface area contributed by atoms with Crippen LogP contribution in [0.25, 0.3) is 0 Å². The van der Waals surface area contributed by atoms with Crippen LogP contribution >= 0.6 is 0 Å². The molecular formula is C26H28O2. The highest BCUT2D eigenvalue weighted by Gasteiger charge is 2.21. The molecule has 3 aromatic carbocycles. The summed E-state index contributed by atoms with van der Waals surface area (Å²) in [5.41, 5.74) is 3.20. The van der Waals surface area contributed by atoms with Gasteiger partial charge in [0.1, 0.15) is 0 Å². The van der Waals surface area contributed by atoms with E-state index in [1.807, 2.05) is 54.6 Å². The molecule has 0 N–H and O–H groups in total. The topological polar surface area (TPSA) is 26.3 Å². The van der Waals surface area contributed by atoms with E-state index in [1.54, 1.807) is 0 Å². The van der Waals surface area contributed by atoms with Crippen LogP contribution in [0.15, 0.2) is 91.0 Å². The highest BCUT2D eigenvalue weighted by molar-refractivity contribution is 5.96. The second-order valence-electron chi connectivity index (χ2n) is 7.08. The smallest absolute Gasteiger partial charge is 0.165 e. The van der Waals surface area contributed by atoms with Gasteiger partial charge in [-0.25, -0.2) is 0 Å². The molecule has 0 bridgehead atoms. The van der Waals surface area contributed by atoms with Crippen LogP contribution in [0.1, 0.15) is 53.8 Å². The van der Waals surface area contributed by atoms with Crippen LogP contribution in [-0.4, -0.2) is 11.9 Å². The van der Waals surface area contributed by atoms with E-state index in [0.29, 0.717) is 6.42 Å². The lowest BCUT2D eigenvalue weighted by Gasteiger charge is -2.24. The summed E-state index contributed by atoms with van der Waals surface area (Å²) in [6, 6.07) is 30.2. The van der Waals surface area contributed by atoms with E-state index in [-0.39, 0.29) is 18.0 Å². The molecule has 2 heteroatoms. The SMILES string of the molecule is CC[C@@H](O[C@@H](CCc1ccccc1)CC(=O)c1ccccc1)c1ccccc1. The van der Waals surface area contributed by atoms with Crippen molar-refractivity contribution in [2.75, 3.05) is 0 Å². The van der Waals surface area contributed by atoms with Crippen molar-refractivity contribution in [1.82, 2.24) is 0 Å². The molecular weight excluding hydrogens is 344 g/mol. The molecule has 0 aliphatic carbocycles. The van der Waals surface area contributed by atoms with Gasteiger partial charge in [-0.05, 0) is 30.4 Å². The Morgan fingerprint density at radius 2 is 1.39 bits per heavy atom. The summed E-state index contributed by atoms with van der Waals surface area (Å²) in [5, 5.41) is 0. The number of ether oxygens (including phenoxy) is 1. The third kappa shape index (κ3) is 5.90. The minimum Gasteiger partial charge on any atom is -0.370 e. The van der Waals surface area contributed by atoms with Crippen LogP contribution in [0, 0.1) is 0 Å². The first-order valence-electron chi connectivity index (χ1n) is 10.1. The molecule has 144 valence electrons. The van der Waals surface area contributed by atoms with E-state index < -0.39 is 0 Å². The van der Waals surface area contributed by atoms with Crippen molar-refractivity contribution in [2.45, 2.75) is 44.8 Å². The molecule has 0 unspecified atom stereocenters. The van der Waals surface area contributed by atoms with Crippen molar-refractivity contribution >= 4 is 5.78 Å². The molecule has 0 aliphatic rings. The number of aryl methyl sites for hydroxylation is 1. The number of rotatable bonds is 10. The van der Waals surface area contributed by atoms with E-state index in [1.165, 1.54) is 11.1 Å². The minimum absolute atomic E-state index is 0.00514. The fourth-order valence-corrected chi connectivity index (χ4v) is 3.45. The molecule has 0 heterocycles. The minimum atomic E-state index is -0.113. The fourth-order valence-electron chi connectivity index (χ4n) is 3.45. The van der Waals surface area contributed by atoms with E-state index in [0.717, 1.165) is 24.8 Å². The summed E-state index contributed by atoms with van der Waals surface area (Å²) in [6.45, 7) is 2.13. The Balaban J connectivity index is 1.72. The molecule has 0 saturated heterocycles. The first-order chi connectivity index (χ1) is 13.8. The van der Waals surface area contributed by atoms with Crippen molar-refractivity contribution in [3.8, 4) is 0 Å². The van der Waals surface area contributed by atoms with Gasteiger partial charge in [-0.1, -0.05) is 97.9 Å². The molecule has 28 heavy (non-hydrogen) atoms. The van der Waals surface area contributed by atoms with Crippen LogP contribution in [0.3, 0.4) is 0 Å². The Bertz CT molecular complexity index is 828. The molecule has 3 aromatic rings. The van der Waals surface area contributed by atoms with Gasteiger partial charge < -0.3 is 4.74 Å². The Morgan fingerprint density at radius 1 is 0.821 bits per heavy atom. The standard InChI is InChI=1S/C26H28O2/c1-2-26(23-16-10-5-11-17-23)28-24(19-18-21-12-6-3-7-13-21)20-25(27)22-14-8-4-9-15-22/h3-17,24,26H,2,18-20H2,1H3/t24-,26+/m0/s1. The Labute approximate surface area is 168 Å². The number of Topliss-reactive ketones (excluding diaryl/α,β-unsaturated/α-hetero) is 1. The van der Waals surface area contributed by atoms with Crippen LogP contribution in [-0.2, 0) is 11.2 Å². The van der Waals surface area contributed by atoms with Gasteiger partial charge in [0.2, 0.25) is 0 Å². The van der Waals surface area contributed by atoms with Crippen molar-refractivity contribution in [3.05, 3.63) is 108 Å². The zero-order valence-corrected chi connectivity index (χ0v) is 16.5. The lowest BCUT2D eigenvalue weighted by atomic mass is 9.99. The summed E-state index contributed by atoms with van der Waals surface area (Å²) in [6.07, 6.45) is 2.90. The van der Waals surface area contributed by atoms with Gasteiger partial charge in [0.25, 0.3) is 0 Å². The predicted octanol–water partition coefficient (Wildman–Crippen LogP) is 6.43. The van der Waals surface area contributed by atoms with E-state index in [9.17, 15) is 4.79 Å². The molecule has 0 spiro atoms. The predicted molar refractivity (Wildman–Crippen MR) is 114 cm³/mol. The van der Waals surface area contributed by atoms with Gasteiger partial charge in [-0.15, -0.1) is 0 Å². The number of carbonyl (C=O) groups is 1. The largest absolute Gasteiger partial charge is 0.370 e. The number of ketones is 1. The third-order valence-corrected chi connectivity index (χ3v) is 5.01. The molecule has 0 radical (unpaired) electrons. The van der Waals surface area contributed by atoms with Crippen molar-refractivity contribution < 1.29 is 9.53 Å². The molecule has 0 aliphatic heterocycles. The number of hydrogen-bond donors (Lipinski definition) is 0. The maximum atomic E-state index is 12.8. The zero-order valence-electron chi connectivity index (χ0n) is 16.5. The zero-order chi connectivity index (χ0) is 19.6. The van der Waals surface area contributed by atoms with Crippen LogP contribution in [0.5, 0.6) is 0 Å². The van der Waals surface area contributed by atoms with Crippen LogP contribution in [0.2, 0.25) is 0 Å². The molecule has 3 rings (SSSR count). The van der Waals surface area contributed by atoms with Gasteiger partial charge in [-0.3, -0.25) is 4.79 Å². The lowest BCUT2D eigenvalue weighted by Crippen LogP contribution is -2.21. The molecule has 0 fully saturated rings. The normalized spacial score (nSPS) is 13.0. The van der Waals surface area contributed by atoms with Crippen molar-refractivity contribution in [1.29, 1.82) is 0 Å². The van der Waals surface area contributed by atoms with Crippen LogP contribution < -0.4 is 0 Å². The fraction of sp³-hybridized carbons (Fsp3) is 0.269. The molecule has 0 aromatic heterocycles. The monoisotopic (exact) mass is 372 g/mol. The number of hydrogen-bond acceptors (Lipinski definition) is 2. The highest BCUT2D eigenvalue weighted by Crippen LogP contribution is 2.26. The summed E-state index contributed by atoms with van der Waals surface area (Å²) < 4.78 is 6.48. The maximum absolute atomic E-state index is 12.8. The summed E-state index contributed by atoms with van der Waals surface area (Å²) in [4.78, 5) is 12.8. The van der Waals surface area contributed by atoms with Gasteiger partial charge >= 0.3 is 0 Å². The number of carbonyl (C=O) groups excluding carboxylic acids is 1. The van der Waals surface area contributed by atoms with E-state index in [2.05, 4.69) is 43.3 Å². The van der Waals surface area contributed by atoms with Crippen molar-refractivity contribution in [3.63, 3.8) is 0 Å². The second-order valence-corrected chi connectivity index (χ2v) is 7.08. The van der Waals surface area contributed by atoms with Crippen molar-refractivity contribution in [2.24, 2.45) is 0 Å². The Kier molecular flexibility index (Phi) is 7.57. The summed E-state index contributed by atoms with van der Waals surface area (Å²) >= 11 is 0. The number of benzene rings is 3. The van der Waals surface area contributed by atoms with E-state index in [4.69, 9.17) is 4.74 Å². The van der Waals surface area contributed by atoms with E-state index >= 15 is 0 Å². The third-order valence-electron chi connectivity index (χ3n) is 5.01. The van der Waals surface area contributed by atoms with Gasteiger partial charge in [-0.2, -0.15) is 0 Å². The highest BCUT2D eigenvalue weighted by atomic mass is 16.5. The second kappa shape index (κ2) is 10.6. The maximum Gasteiger partial charge on any atom is 0.165 e. The molecule has 0 saturated carbocycles. The molecule has 0 amide bonds. The molecule has 2 atom stereocenters. The first kappa shape index (κ1) is 20.0. The Morgan fingerprint density at radius 3 is 2.00 bits per heavy atom. The van der Waals surface area contributed by atoms with Gasteiger partial charge in [0.15, 0.2) is 5.78 Å². The van der Waals surface area contributed by atoms with Gasteiger partial charge in [0.05, 0.1) is 12.2 Å². The summed E-state index contributed by atoms with van der Waals surface area (Å²) in [7, 11) is 0. The Hall–Kier alpha value is -2.71. The average molecular weight is 373 g/mol. The summed E-state index contributed by atoms with van der Waals surface area (Å²) in [5.74, 6) is 0.140. The average Bonchev–Trinajstić information content (AvgIpc) is 2.77. The molecule has 2 nitrogen and oxygen atoms in total.